The van der Waals surface area contributed by atoms with Gasteiger partial charge in [-0.1, -0.05) is 6.07 Å². The van der Waals surface area contributed by atoms with Crippen LogP contribution in [0.3, 0.4) is 0 Å². The number of benzene rings is 1. The summed E-state index contributed by atoms with van der Waals surface area (Å²) in [6, 6.07) is 3.92. The third-order valence-electron chi connectivity index (χ3n) is 3.84. The molecule has 3 aromatic rings. The molecule has 29 heavy (non-hydrogen) atoms. The summed E-state index contributed by atoms with van der Waals surface area (Å²) in [7, 11) is 0. The van der Waals surface area contributed by atoms with Crippen LogP contribution in [0.25, 0.3) is 11.3 Å². The van der Waals surface area contributed by atoms with Crippen LogP contribution in [0.4, 0.5) is 33.3 Å². The lowest BCUT2D eigenvalue weighted by Gasteiger charge is -2.16. The van der Waals surface area contributed by atoms with Crippen molar-refractivity contribution in [1.29, 1.82) is 0 Å². The number of nitrogens with two attached hydrogens (primary N) is 1. The number of hydrogen-bond acceptors (Lipinski definition) is 4. The average molecular weight is 410 g/mol. The van der Waals surface area contributed by atoms with Crippen molar-refractivity contribution in [2.45, 2.75) is 6.18 Å². The summed E-state index contributed by atoms with van der Waals surface area (Å²) < 4.78 is 68.5. The second-order valence-electron chi connectivity index (χ2n) is 5.79. The molecule has 150 valence electrons. The number of nitrogens with one attached hydrogen (secondary N) is 2. The zero-order valence-corrected chi connectivity index (χ0v) is 14.3. The van der Waals surface area contributed by atoms with E-state index < -0.39 is 57.3 Å². The van der Waals surface area contributed by atoms with Crippen LogP contribution in [-0.2, 0) is 6.18 Å². The lowest BCUT2D eigenvalue weighted by atomic mass is 10.0. The Bertz CT molecular complexity index is 1140. The molecule has 0 atom stereocenters. The van der Waals surface area contributed by atoms with Crippen LogP contribution < -0.4 is 16.5 Å². The zero-order chi connectivity index (χ0) is 21.3. The van der Waals surface area contributed by atoms with Gasteiger partial charge in [0.15, 0.2) is 5.69 Å². The molecule has 0 aliphatic heterocycles. The standard InChI is InChI=1S/C18H11F5N4O2/c19-9-2-1-3-10(20)14(9)15-8(18(21,22)23)6-11(24)16(27-15)17(29)26-12-7-25-5-4-13(12)28/h1-7H,24H2,(H,25,28)(H,26,29). The predicted molar refractivity (Wildman–Crippen MR) is 94.0 cm³/mol. The largest absolute Gasteiger partial charge is 0.418 e. The van der Waals surface area contributed by atoms with Crippen LogP contribution in [0.5, 0.6) is 0 Å². The molecule has 0 spiro atoms. The van der Waals surface area contributed by atoms with E-state index in [9.17, 15) is 31.5 Å². The lowest BCUT2D eigenvalue weighted by molar-refractivity contribution is -0.137. The number of alkyl halides is 3. The van der Waals surface area contributed by atoms with Crippen molar-refractivity contribution < 1.29 is 26.7 Å². The zero-order valence-electron chi connectivity index (χ0n) is 14.3. The van der Waals surface area contributed by atoms with E-state index in [1.165, 1.54) is 6.20 Å². The average Bonchev–Trinajstić information content (AvgIpc) is 2.63. The van der Waals surface area contributed by atoms with Crippen LogP contribution in [0.15, 0.2) is 47.5 Å². The summed E-state index contributed by atoms with van der Waals surface area (Å²) in [6.45, 7) is 0. The van der Waals surface area contributed by atoms with Crippen LogP contribution in [-0.4, -0.2) is 15.9 Å². The first kappa shape index (κ1) is 20.0. The van der Waals surface area contributed by atoms with E-state index in [0.717, 1.165) is 30.5 Å². The Balaban J connectivity index is 2.19. The first-order chi connectivity index (χ1) is 13.6. The van der Waals surface area contributed by atoms with E-state index in [1.54, 1.807) is 0 Å². The smallest absolute Gasteiger partial charge is 0.397 e. The summed E-state index contributed by atoms with van der Waals surface area (Å²) in [5.74, 6) is -3.75. The maximum atomic E-state index is 14.1. The molecule has 2 aromatic heterocycles. The Labute approximate surface area is 159 Å². The van der Waals surface area contributed by atoms with Gasteiger partial charge in [0.25, 0.3) is 5.91 Å². The monoisotopic (exact) mass is 410 g/mol. The van der Waals surface area contributed by atoms with Crippen LogP contribution in [0.2, 0.25) is 0 Å². The van der Waals surface area contributed by atoms with E-state index >= 15 is 0 Å². The topological polar surface area (TPSA) is 101 Å². The number of pyridine rings is 2. The SMILES string of the molecule is Nc1cc(C(F)(F)F)c(-c2c(F)cccc2F)nc1C(=O)Nc1c[nH]ccc1=O. The van der Waals surface area contributed by atoms with Gasteiger partial charge >= 0.3 is 6.18 Å². The molecule has 11 heteroatoms. The quantitative estimate of drug-likeness (QED) is 0.575. The molecule has 4 N–H and O–H groups in total. The van der Waals surface area contributed by atoms with Crippen molar-refractivity contribution in [2.75, 3.05) is 11.1 Å². The van der Waals surface area contributed by atoms with Crippen molar-refractivity contribution in [3.05, 3.63) is 75.8 Å². The number of aromatic amines is 1. The number of amides is 1. The Morgan fingerprint density at radius 1 is 1.14 bits per heavy atom. The highest BCUT2D eigenvalue weighted by atomic mass is 19.4. The molecule has 0 saturated carbocycles. The molecular weight excluding hydrogens is 399 g/mol. The first-order valence-electron chi connectivity index (χ1n) is 7.90. The minimum Gasteiger partial charge on any atom is -0.397 e. The summed E-state index contributed by atoms with van der Waals surface area (Å²) in [5.41, 5.74) is -0.439. The number of anilines is 2. The minimum atomic E-state index is -5.06. The van der Waals surface area contributed by atoms with Gasteiger partial charge in [-0.2, -0.15) is 13.2 Å². The summed E-state index contributed by atoms with van der Waals surface area (Å²) in [6.07, 6.45) is -2.63. The maximum Gasteiger partial charge on any atom is 0.418 e. The van der Waals surface area contributed by atoms with Gasteiger partial charge in [-0.05, 0) is 18.2 Å². The van der Waals surface area contributed by atoms with Crippen molar-refractivity contribution in [3.8, 4) is 11.3 Å². The molecule has 6 nitrogen and oxygen atoms in total. The van der Waals surface area contributed by atoms with Crippen LogP contribution in [0, 0.1) is 11.6 Å². The number of hydrogen-bond donors (Lipinski definition) is 3. The fourth-order valence-electron chi connectivity index (χ4n) is 2.54. The van der Waals surface area contributed by atoms with Crippen LogP contribution in [0.1, 0.15) is 16.1 Å². The molecule has 0 aliphatic carbocycles. The molecule has 1 aromatic carbocycles. The summed E-state index contributed by atoms with van der Waals surface area (Å²) >= 11 is 0. The number of aromatic nitrogens is 2. The van der Waals surface area contributed by atoms with E-state index in [-0.39, 0.29) is 5.69 Å². The Morgan fingerprint density at radius 2 is 1.79 bits per heavy atom. The summed E-state index contributed by atoms with van der Waals surface area (Å²) in [4.78, 5) is 30.2. The van der Waals surface area contributed by atoms with E-state index in [0.29, 0.717) is 6.07 Å². The van der Waals surface area contributed by atoms with Crippen molar-refractivity contribution in [2.24, 2.45) is 0 Å². The van der Waals surface area contributed by atoms with E-state index in [4.69, 9.17) is 5.73 Å². The minimum absolute atomic E-state index is 0.225. The number of carbonyl (C=O) groups excluding carboxylic acids is 1. The third-order valence-corrected chi connectivity index (χ3v) is 3.84. The molecule has 0 unspecified atom stereocenters. The Hall–Kier alpha value is -3.76. The molecule has 0 saturated heterocycles. The highest BCUT2D eigenvalue weighted by molar-refractivity contribution is 6.06. The number of H-pyrrole nitrogens is 1. The van der Waals surface area contributed by atoms with Gasteiger partial charge < -0.3 is 16.0 Å². The summed E-state index contributed by atoms with van der Waals surface area (Å²) in [5, 5.41) is 2.14. The van der Waals surface area contributed by atoms with Gasteiger partial charge in [-0.15, -0.1) is 0 Å². The second-order valence-corrected chi connectivity index (χ2v) is 5.79. The van der Waals surface area contributed by atoms with Gasteiger partial charge in [0.05, 0.1) is 22.5 Å². The van der Waals surface area contributed by atoms with Crippen molar-refractivity contribution in [1.82, 2.24) is 9.97 Å². The van der Waals surface area contributed by atoms with E-state index in [1.807, 2.05) is 0 Å². The highest BCUT2D eigenvalue weighted by Crippen LogP contribution is 2.39. The Kier molecular flexibility index (Phi) is 5.06. The van der Waals surface area contributed by atoms with Gasteiger partial charge in [-0.3, -0.25) is 9.59 Å². The number of nitrogens with zero attached hydrogens (tertiary/aromatic N) is 1. The molecule has 3 rings (SSSR count). The lowest BCUT2D eigenvalue weighted by Crippen LogP contribution is -2.22. The van der Waals surface area contributed by atoms with Gasteiger partial charge in [-0.25, -0.2) is 13.8 Å². The number of nitrogen functional groups attached to an aromatic ring is 1. The number of halogens is 5. The molecule has 0 radical (unpaired) electrons. The van der Waals surface area contributed by atoms with E-state index in [2.05, 4.69) is 15.3 Å². The molecular formula is C18H11F5N4O2. The fraction of sp³-hybridized carbons (Fsp3) is 0.0556. The molecule has 2 heterocycles. The Morgan fingerprint density at radius 3 is 2.38 bits per heavy atom. The predicted octanol–water partition coefficient (Wildman–Crippen LogP) is 3.57. The number of rotatable bonds is 3. The van der Waals surface area contributed by atoms with Crippen LogP contribution >= 0.6 is 0 Å². The van der Waals surface area contributed by atoms with Crippen molar-refractivity contribution >= 4 is 17.3 Å². The van der Waals surface area contributed by atoms with Gasteiger partial charge in [0.2, 0.25) is 5.43 Å². The molecule has 0 bridgehead atoms. The molecule has 1 amide bonds. The van der Waals surface area contributed by atoms with Gasteiger partial charge in [0, 0.05) is 18.5 Å². The first-order valence-corrected chi connectivity index (χ1v) is 7.90. The third kappa shape index (κ3) is 3.93. The highest BCUT2D eigenvalue weighted by Gasteiger charge is 2.37. The fourth-order valence-corrected chi connectivity index (χ4v) is 2.54. The van der Waals surface area contributed by atoms with Crippen molar-refractivity contribution in [3.63, 3.8) is 0 Å². The number of carbonyl (C=O) groups is 1. The molecule has 0 aliphatic rings. The molecule has 0 fully saturated rings. The second kappa shape index (κ2) is 7.34. The normalized spacial score (nSPS) is 11.3. The maximum absolute atomic E-state index is 14.1. The van der Waals surface area contributed by atoms with Gasteiger partial charge in [0.1, 0.15) is 17.3 Å².